The molecule has 0 aliphatic rings. The van der Waals surface area contributed by atoms with Crippen LogP contribution in [0.2, 0.25) is 0 Å². The SMILES string of the molecule is CNC(=NC(=O)/C(C)=C/c1cc(F)c(Oc2ccc(S(=O)(=O)Cl)cc2)c(F)c1)NC. The van der Waals surface area contributed by atoms with Crippen molar-refractivity contribution in [3.63, 3.8) is 0 Å². The molecule has 1 amide bonds. The molecule has 0 aliphatic heterocycles. The molecule has 0 aromatic heterocycles. The molecule has 2 N–H and O–H groups in total. The zero-order valence-electron chi connectivity index (χ0n) is 16.2. The summed E-state index contributed by atoms with van der Waals surface area (Å²) in [5.74, 6) is -3.04. The fourth-order valence-corrected chi connectivity index (χ4v) is 3.06. The molecule has 0 bridgehead atoms. The first-order valence-electron chi connectivity index (χ1n) is 8.43. The van der Waals surface area contributed by atoms with Gasteiger partial charge in [0.15, 0.2) is 23.3 Å². The van der Waals surface area contributed by atoms with Gasteiger partial charge in [-0.05, 0) is 55.0 Å². The number of benzene rings is 2. The van der Waals surface area contributed by atoms with Gasteiger partial charge in [0.2, 0.25) is 0 Å². The highest BCUT2D eigenvalue weighted by Crippen LogP contribution is 2.30. The summed E-state index contributed by atoms with van der Waals surface area (Å²) >= 11 is 0. The van der Waals surface area contributed by atoms with Crippen molar-refractivity contribution in [3.8, 4) is 11.5 Å². The van der Waals surface area contributed by atoms with Gasteiger partial charge in [-0.25, -0.2) is 17.2 Å². The third kappa shape index (κ3) is 6.01. The number of amides is 1. The highest BCUT2D eigenvalue weighted by Gasteiger charge is 2.15. The van der Waals surface area contributed by atoms with Gasteiger partial charge >= 0.3 is 0 Å². The molecule has 0 spiro atoms. The lowest BCUT2D eigenvalue weighted by Gasteiger charge is -2.09. The average molecular weight is 458 g/mol. The highest BCUT2D eigenvalue weighted by atomic mass is 35.7. The maximum atomic E-state index is 14.4. The maximum absolute atomic E-state index is 14.4. The Morgan fingerprint density at radius 3 is 2.10 bits per heavy atom. The van der Waals surface area contributed by atoms with Crippen LogP contribution < -0.4 is 15.4 Å². The van der Waals surface area contributed by atoms with Gasteiger partial charge in [-0.15, -0.1) is 0 Å². The lowest BCUT2D eigenvalue weighted by Crippen LogP contribution is -2.32. The van der Waals surface area contributed by atoms with Gasteiger partial charge in [-0.3, -0.25) is 4.79 Å². The molecule has 0 aliphatic carbocycles. The predicted octanol–water partition coefficient (Wildman–Crippen LogP) is 3.41. The Labute approximate surface area is 176 Å². The minimum atomic E-state index is -3.93. The Hall–Kier alpha value is -2.98. The van der Waals surface area contributed by atoms with Gasteiger partial charge in [0.05, 0.1) is 4.90 Å². The second kappa shape index (κ2) is 9.68. The number of aliphatic imine (C=N–C) groups is 1. The number of hydrogen-bond donors (Lipinski definition) is 2. The molecule has 11 heteroatoms. The van der Waals surface area contributed by atoms with E-state index in [9.17, 15) is 22.0 Å². The van der Waals surface area contributed by atoms with Crippen LogP contribution in [0.3, 0.4) is 0 Å². The second-order valence-corrected chi connectivity index (χ2v) is 8.48. The summed E-state index contributed by atoms with van der Waals surface area (Å²) in [6.45, 7) is 1.46. The molecule has 160 valence electrons. The number of rotatable bonds is 5. The average Bonchev–Trinajstić information content (AvgIpc) is 2.68. The van der Waals surface area contributed by atoms with E-state index in [-0.39, 0.29) is 27.7 Å². The number of guanidine groups is 1. The minimum Gasteiger partial charge on any atom is -0.451 e. The normalized spacial score (nSPS) is 11.6. The first-order chi connectivity index (χ1) is 14.0. The van der Waals surface area contributed by atoms with Crippen molar-refractivity contribution in [2.75, 3.05) is 14.1 Å². The van der Waals surface area contributed by atoms with E-state index < -0.39 is 32.3 Å². The lowest BCUT2D eigenvalue weighted by atomic mass is 10.1. The topological polar surface area (TPSA) is 96.9 Å². The number of nitrogens with zero attached hydrogens (tertiary/aromatic N) is 1. The second-order valence-electron chi connectivity index (χ2n) is 5.92. The fourth-order valence-electron chi connectivity index (χ4n) is 2.29. The molecule has 7 nitrogen and oxygen atoms in total. The number of halogens is 3. The Balaban J connectivity index is 2.27. The molecule has 0 fully saturated rings. The van der Waals surface area contributed by atoms with Crippen molar-refractivity contribution in [2.24, 2.45) is 4.99 Å². The Morgan fingerprint density at radius 2 is 1.63 bits per heavy atom. The van der Waals surface area contributed by atoms with Crippen molar-refractivity contribution in [3.05, 3.63) is 59.2 Å². The van der Waals surface area contributed by atoms with E-state index in [0.717, 1.165) is 24.3 Å². The van der Waals surface area contributed by atoms with E-state index >= 15 is 0 Å². The van der Waals surface area contributed by atoms with Gasteiger partial charge in [0, 0.05) is 30.4 Å². The fraction of sp³-hybridized carbons (Fsp3) is 0.158. The molecule has 0 unspecified atom stereocenters. The summed E-state index contributed by atoms with van der Waals surface area (Å²) in [5, 5.41) is 5.35. The Kier molecular flexibility index (Phi) is 7.52. The standard InChI is InChI=1S/C19H18ClF2N3O4S/c1-11(18(26)25-19(23-2)24-3)8-12-9-15(21)17(16(22)10-12)29-13-4-6-14(7-5-13)30(20,27)28/h4-10H,1-3H3,(H2,23,24,25,26)/b11-8+. The number of carbonyl (C=O) groups excluding carboxylic acids is 1. The molecule has 0 saturated heterocycles. The molecule has 2 aromatic carbocycles. The first-order valence-corrected chi connectivity index (χ1v) is 10.7. The van der Waals surface area contributed by atoms with Crippen molar-refractivity contribution in [1.29, 1.82) is 0 Å². The Morgan fingerprint density at radius 1 is 1.10 bits per heavy atom. The zero-order valence-corrected chi connectivity index (χ0v) is 17.7. The summed E-state index contributed by atoms with van der Waals surface area (Å²) in [6.07, 6.45) is 1.28. The van der Waals surface area contributed by atoms with Crippen LogP contribution in [0.15, 0.2) is 51.9 Å². The smallest absolute Gasteiger partial charge is 0.275 e. The first kappa shape index (κ1) is 23.3. The number of ether oxygens (including phenoxy) is 1. The lowest BCUT2D eigenvalue weighted by molar-refractivity contribution is -0.114. The van der Waals surface area contributed by atoms with Gasteiger partial charge in [-0.2, -0.15) is 4.99 Å². The zero-order chi connectivity index (χ0) is 22.5. The quantitative estimate of drug-likeness (QED) is 0.309. The van der Waals surface area contributed by atoms with Crippen LogP contribution in [0.5, 0.6) is 11.5 Å². The van der Waals surface area contributed by atoms with Crippen LogP contribution in [-0.4, -0.2) is 34.4 Å². The summed E-state index contributed by atoms with van der Waals surface area (Å²) in [5.41, 5.74) is 0.251. The monoisotopic (exact) mass is 457 g/mol. The number of hydrogen-bond acceptors (Lipinski definition) is 4. The summed E-state index contributed by atoms with van der Waals surface area (Å²) in [4.78, 5) is 15.6. The largest absolute Gasteiger partial charge is 0.451 e. The predicted molar refractivity (Wildman–Crippen MR) is 110 cm³/mol. The molecule has 2 aromatic rings. The Bertz CT molecular complexity index is 1090. The summed E-state index contributed by atoms with van der Waals surface area (Å²) < 4.78 is 56.4. The molecule has 30 heavy (non-hydrogen) atoms. The van der Waals surface area contributed by atoms with Crippen LogP contribution >= 0.6 is 10.7 Å². The van der Waals surface area contributed by atoms with Crippen LogP contribution in [0.1, 0.15) is 12.5 Å². The summed E-state index contributed by atoms with van der Waals surface area (Å²) in [6, 6.07) is 6.70. The van der Waals surface area contributed by atoms with Crippen molar-refractivity contribution in [1.82, 2.24) is 10.6 Å². The molecule has 2 rings (SSSR count). The van der Waals surface area contributed by atoms with Gasteiger partial charge < -0.3 is 15.4 Å². The van der Waals surface area contributed by atoms with Crippen molar-refractivity contribution >= 4 is 37.7 Å². The third-order valence-electron chi connectivity index (χ3n) is 3.75. The van der Waals surface area contributed by atoms with Crippen molar-refractivity contribution < 1.29 is 26.7 Å². The van der Waals surface area contributed by atoms with Gasteiger partial charge in [-0.1, -0.05) is 0 Å². The van der Waals surface area contributed by atoms with Gasteiger partial charge in [0.25, 0.3) is 15.0 Å². The van der Waals surface area contributed by atoms with Crippen molar-refractivity contribution in [2.45, 2.75) is 11.8 Å². The van der Waals surface area contributed by atoms with E-state index in [4.69, 9.17) is 15.4 Å². The van der Waals surface area contributed by atoms with Crippen LogP contribution in [0.25, 0.3) is 6.08 Å². The maximum Gasteiger partial charge on any atom is 0.275 e. The van der Waals surface area contributed by atoms with Crippen LogP contribution in [0, 0.1) is 11.6 Å². The molecule has 0 radical (unpaired) electrons. The molecule has 0 heterocycles. The van der Waals surface area contributed by atoms with E-state index in [0.29, 0.717) is 0 Å². The molecular formula is C19H18ClF2N3O4S. The van der Waals surface area contributed by atoms with E-state index in [2.05, 4.69) is 15.6 Å². The minimum absolute atomic E-state index is 0.00696. The van der Waals surface area contributed by atoms with Crippen LogP contribution in [0.4, 0.5) is 8.78 Å². The van der Waals surface area contributed by atoms with E-state index in [1.807, 2.05) is 0 Å². The highest BCUT2D eigenvalue weighted by molar-refractivity contribution is 8.13. The van der Waals surface area contributed by atoms with E-state index in [1.165, 1.54) is 25.1 Å². The molecular weight excluding hydrogens is 440 g/mol. The van der Waals surface area contributed by atoms with Crippen LogP contribution in [-0.2, 0) is 13.8 Å². The third-order valence-corrected chi connectivity index (χ3v) is 5.12. The molecule has 0 atom stereocenters. The number of carbonyl (C=O) groups is 1. The van der Waals surface area contributed by atoms with E-state index in [1.54, 1.807) is 14.1 Å². The molecule has 0 saturated carbocycles. The summed E-state index contributed by atoms with van der Waals surface area (Å²) in [7, 11) is 4.44. The van der Waals surface area contributed by atoms with Gasteiger partial charge in [0.1, 0.15) is 5.75 Å². The number of nitrogens with one attached hydrogen (secondary N) is 2.